The second-order valence-electron chi connectivity index (χ2n) is 6.41. The van der Waals surface area contributed by atoms with E-state index in [4.69, 9.17) is 4.74 Å². The van der Waals surface area contributed by atoms with Gasteiger partial charge in [-0.1, -0.05) is 32.3 Å². The Morgan fingerprint density at radius 3 is 2.73 bits per heavy atom. The van der Waals surface area contributed by atoms with Crippen LogP contribution in [-0.2, 0) is 14.3 Å². The van der Waals surface area contributed by atoms with Crippen molar-refractivity contribution in [2.75, 3.05) is 18.6 Å². The molecule has 0 spiro atoms. The van der Waals surface area contributed by atoms with Gasteiger partial charge in [-0.25, -0.2) is 4.79 Å². The van der Waals surface area contributed by atoms with Crippen LogP contribution >= 0.6 is 11.8 Å². The molecule has 0 amide bonds. The van der Waals surface area contributed by atoms with Gasteiger partial charge in [0.2, 0.25) is 0 Å². The first kappa shape index (κ1) is 17.9. The summed E-state index contributed by atoms with van der Waals surface area (Å²) in [4.78, 5) is 11.2. The predicted molar refractivity (Wildman–Crippen MR) is 92.1 cm³/mol. The highest BCUT2D eigenvalue weighted by atomic mass is 32.2. The van der Waals surface area contributed by atoms with Gasteiger partial charge in [-0.3, -0.25) is 0 Å². The molecule has 4 atom stereocenters. The van der Waals surface area contributed by atoms with Gasteiger partial charge in [-0.2, -0.15) is 11.8 Å². The predicted octanol–water partition coefficient (Wildman–Crippen LogP) is 4.21. The lowest BCUT2D eigenvalue weighted by molar-refractivity contribution is -0.134. The third-order valence-corrected chi connectivity index (χ3v) is 6.10. The quantitative estimate of drug-likeness (QED) is 0.342. The fourth-order valence-electron chi connectivity index (χ4n) is 3.67. The Morgan fingerprint density at radius 1 is 1.23 bits per heavy atom. The summed E-state index contributed by atoms with van der Waals surface area (Å²) in [6.45, 7) is 2.26. The number of rotatable bonds is 10. The van der Waals surface area contributed by atoms with Crippen molar-refractivity contribution in [3.8, 4) is 0 Å². The van der Waals surface area contributed by atoms with Gasteiger partial charge in [-0.15, -0.1) is 0 Å². The number of hydrogen-bond donors (Lipinski definition) is 0. The van der Waals surface area contributed by atoms with Crippen molar-refractivity contribution < 1.29 is 14.3 Å². The standard InChI is InChI=1S/C18H30O3S/c1-3-4-5-6-12-22-13-15-14(8-7-9-18(19)20-2)16-10-11-17(15)21-16/h7,9,14-17H,3-6,8,10-13H2,1-2H3. The van der Waals surface area contributed by atoms with Gasteiger partial charge in [-0.05, 0) is 49.0 Å². The van der Waals surface area contributed by atoms with Gasteiger partial charge >= 0.3 is 5.97 Å². The van der Waals surface area contributed by atoms with E-state index in [1.807, 2.05) is 6.08 Å². The zero-order chi connectivity index (χ0) is 15.8. The first-order valence-electron chi connectivity index (χ1n) is 8.74. The van der Waals surface area contributed by atoms with Gasteiger partial charge in [0.15, 0.2) is 0 Å². The van der Waals surface area contributed by atoms with Crippen molar-refractivity contribution >= 4 is 17.7 Å². The molecule has 2 bridgehead atoms. The van der Waals surface area contributed by atoms with Crippen molar-refractivity contribution in [1.29, 1.82) is 0 Å². The average molecular weight is 327 g/mol. The molecule has 2 heterocycles. The van der Waals surface area contributed by atoms with E-state index in [0.29, 0.717) is 24.0 Å². The summed E-state index contributed by atoms with van der Waals surface area (Å²) in [6, 6.07) is 0. The molecule has 0 aromatic carbocycles. The van der Waals surface area contributed by atoms with E-state index >= 15 is 0 Å². The molecule has 0 aromatic heterocycles. The number of fused-ring (bicyclic) bond motifs is 2. The van der Waals surface area contributed by atoms with Crippen LogP contribution < -0.4 is 0 Å². The minimum absolute atomic E-state index is 0.258. The maximum absolute atomic E-state index is 11.2. The molecule has 0 saturated carbocycles. The van der Waals surface area contributed by atoms with E-state index < -0.39 is 0 Å². The number of carbonyl (C=O) groups is 1. The zero-order valence-electron chi connectivity index (χ0n) is 14.0. The van der Waals surface area contributed by atoms with Crippen LogP contribution in [0.15, 0.2) is 12.2 Å². The monoisotopic (exact) mass is 326 g/mol. The van der Waals surface area contributed by atoms with Crippen LogP contribution in [0.2, 0.25) is 0 Å². The highest BCUT2D eigenvalue weighted by molar-refractivity contribution is 7.99. The van der Waals surface area contributed by atoms with E-state index in [0.717, 1.165) is 6.42 Å². The molecule has 2 rings (SSSR count). The smallest absolute Gasteiger partial charge is 0.330 e. The lowest BCUT2D eigenvalue weighted by Gasteiger charge is -2.26. The molecule has 2 saturated heterocycles. The molecule has 4 unspecified atom stereocenters. The van der Waals surface area contributed by atoms with Gasteiger partial charge in [0, 0.05) is 6.08 Å². The van der Waals surface area contributed by atoms with Gasteiger partial charge in [0.25, 0.3) is 0 Å². The number of allylic oxidation sites excluding steroid dienone is 1. The van der Waals surface area contributed by atoms with E-state index in [1.165, 1.54) is 57.1 Å². The normalized spacial score (nSPS) is 30.3. The van der Waals surface area contributed by atoms with Crippen LogP contribution in [0.1, 0.15) is 51.9 Å². The second-order valence-corrected chi connectivity index (χ2v) is 7.56. The van der Waals surface area contributed by atoms with Crippen LogP contribution in [0.25, 0.3) is 0 Å². The molecule has 2 aliphatic heterocycles. The van der Waals surface area contributed by atoms with Crippen LogP contribution in [0.4, 0.5) is 0 Å². The Balaban J connectivity index is 1.73. The number of carbonyl (C=O) groups excluding carboxylic acids is 1. The molecule has 126 valence electrons. The molecule has 2 fully saturated rings. The van der Waals surface area contributed by atoms with E-state index in [9.17, 15) is 4.79 Å². The summed E-state index contributed by atoms with van der Waals surface area (Å²) in [6.07, 6.45) is 13.1. The highest BCUT2D eigenvalue weighted by Gasteiger charge is 2.47. The van der Waals surface area contributed by atoms with Gasteiger partial charge < -0.3 is 9.47 Å². The van der Waals surface area contributed by atoms with Crippen LogP contribution in [0.5, 0.6) is 0 Å². The topological polar surface area (TPSA) is 35.5 Å². The molecule has 0 aromatic rings. The molecule has 2 aliphatic rings. The lowest BCUT2D eigenvalue weighted by atomic mass is 9.78. The Morgan fingerprint density at radius 2 is 2.00 bits per heavy atom. The molecular formula is C18H30O3S. The van der Waals surface area contributed by atoms with E-state index in [1.54, 1.807) is 6.08 Å². The van der Waals surface area contributed by atoms with Crippen LogP contribution in [0, 0.1) is 11.8 Å². The Kier molecular flexibility index (Phi) is 7.81. The van der Waals surface area contributed by atoms with Crippen molar-refractivity contribution in [2.45, 2.75) is 64.1 Å². The Hall–Kier alpha value is -0.480. The van der Waals surface area contributed by atoms with E-state index in [-0.39, 0.29) is 5.97 Å². The fourth-order valence-corrected chi connectivity index (χ4v) is 4.98. The van der Waals surface area contributed by atoms with Crippen molar-refractivity contribution in [1.82, 2.24) is 0 Å². The van der Waals surface area contributed by atoms with Gasteiger partial charge in [0.1, 0.15) is 0 Å². The number of unbranched alkanes of at least 4 members (excludes halogenated alkanes) is 3. The summed E-state index contributed by atoms with van der Waals surface area (Å²) in [5.41, 5.74) is 0. The average Bonchev–Trinajstić information content (AvgIpc) is 3.12. The van der Waals surface area contributed by atoms with Crippen molar-refractivity contribution in [3.63, 3.8) is 0 Å². The summed E-state index contributed by atoms with van der Waals surface area (Å²) in [7, 11) is 1.42. The fraction of sp³-hybridized carbons (Fsp3) is 0.833. The maximum atomic E-state index is 11.2. The number of thioether (sulfide) groups is 1. The first-order chi connectivity index (χ1) is 10.8. The molecule has 22 heavy (non-hydrogen) atoms. The molecule has 0 radical (unpaired) electrons. The van der Waals surface area contributed by atoms with Gasteiger partial charge in [0.05, 0.1) is 19.3 Å². The second kappa shape index (κ2) is 9.61. The Labute approximate surface area is 139 Å². The number of esters is 1. The number of methoxy groups -OCH3 is 1. The minimum Gasteiger partial charge on any atom is -0.466 e. The van der Waals surface area contributed by atoms with Crippen molar-refractivity contribution in [3.05, 3.63) is 12.2 Å². The number of hydrogen-bond acceptors (Lipinski definition) is 4. The lowest BCUT2D eigenvalue weighted by Crippen LogP contribution is -2.28. The summed E-state index contributed by atoms with van der Waals surface area (Å²) < 4.78 is 10.8. The third-order valence-electron chi connectivity index (χ3n) is 4.91. The molecule has 0 aliphatic carbocycles. The number of ether oxygens (including phenoxy) is 2. The Bertz CT molecular complexity index is 369. The van der Waals surface area contributed by atoms with Crippen LogP contribution in [0.3, 0.4) is 0 Å². The zero-order valence-corrected chi connectivity index (χ0v) is 14.8. The largest absolute Gasteiger partial charge is 0.466 e. The highest BCUT2D eigenvalue weighted by Crippen LogP contribution is 2.46. The molecule has 4 heteroatoms. The molecule has 0 N–H and O–H groups in total. The molecule has 3 nitrogen and oxygen atoms in total. The summed E-state index contributed by atoms with van der Waals surface area (Å²) in [5.74, 6) is 3.48. The first-order valence-corrected chi connectivity index (χ1v) is 9.89. The third kappa shape index (κ3) is 5.02. The summed E-state index contributed by atoms with van der Waals surface area (Å²) in [5, 5.41) is 0. The molecular weight excluding hydrogens is 296 g/mol. The van der Waals surface area contributed by atoms with Crippen molar-refractivity contribution in [2.24, 2.45) is 11.8 Å². The SMILES string of the molecule is CCCCCCSCC1C2CCC(O2)C1CC=CC(=O)OC. The van der Waals surface area contributed by atoms with Crippen LogP contribution in [-0.4, -0.2) is 36.8 Å². The summed E-state index contributed by atoms with van der Waals surface area (Å²) >= 11 is 2.09. The van der Waals surface area contributed by atoms with E-state index in [2.05, 4.69) is 23.4 Å². The minimum atomic E-state index is -0.258. The maximum Gasteiger partial charge on any atom is 0.330 e.